The fraction of sp³-hybridized carbons (Fsp3) is 0.533. The van der Waals surface area contributed by atoms with E-state index in [0.717, 1.165) is 39.8 Å². The van der Waals surface area contributed by atoms with E-state index in [1.54, 1.807) is 11.3 Å². The van der Waals surface area contributed by atoms with Crippen molar-refractivity contribution in [2.75, 3.05) is 6.54 Å². The predicted octanol–water partition coefficient (Wildman–Crippen LogP) is 2.39. The third-order valence-electron chi connectivity index (χ3n) is 3.53. The predicted molar refractivity (Wildman–Crippen MR) is 84.7 cm³/mol. The number of hydrogen-bond donors (Lipinski definition) is 2. The van der Waals surface area contributed by atoms with Crippen molar-refractivity contribution >= 4 is 17.2 Å². The van der Waals surface area contributed by atoms with E-state index in [0.29, 0.717) is 13.0 Å². The second kappa shape index (κ2) is 6.85. The quantitative estimate of drug-likeness (QED) is 0.805. The summed E-state index contributed by atoms with van der Waals surface area (Å²) in [7, 11) is 0. The van der Waals surface area contributed by atoms with Gasteiger partial charge in [0.15, 0.2) is 0 Å². The lowest BCUT2D eigenvalue weighted by atomic mass is 10.1. The molecule has 0 atom stereocenters. The van der Waals surface area contributed by atoms with Crippen LogP contribution in [0.25, 0.3) is 0 Å². The first-order chi connectivity index (χ1) is 9.97. The Balaban J connectivity index is 1.74. The van der Waals surface area contributed by atoms with Crippen LogP contribution >= 0.6 is 11.3 Å². The van der Waals surface area contributed by atoms with Crippen LogP contribution in [-0.2, 0) is 17.6 Å². The zero-order chi connectivity index (χ0) is 15.4. The molecule has 6 heteroatoms. The maximum Gasteiger partial charge on any atom is 0.226 e. The van der Waals surface area contributed by atoms with Crippen molar-refractivity contribution in [3.8, 4) is 0 Å². The average molecular weight is 306 g/mol. The first-order valence-electron chi connectivity index (χ1n) is 7.17. The van der Waals surface area contributed by atoms with E-state index in [-0.39, 0.29) is 5.91 Å². The molecule has 0 radical (unpaired) electrons. The number of H-pyrrole nitrogens is 1. The maximum atomic E-state index is 11.9. The van der Waals surface area contributed by atoms with Crippen molar-refractivity contribution in [3.63, 3.8) is 0 Å². The number of carbonyl (C=O) groups is 1. The van der Waals surface area contributed by atoms with E-state index < -0.39 is 0 Å². The highest BCUT2D eigenvalue weighted by Gasteiger charge is 2.10. The summed E-state index contributed by atoms with van der Waals surface area (Å²) in [6, 6.07) is 0. The number of nitrogens with zero attached hydrogens (tertiary/aromatic N) is 2. The minimum absolute atomic E-state index is 0.0454. The number of rotatable bonds is 6. The molecule has 0 aliphatic heterocycles. The summed E-state index contributed by atoms with van der Waals surface area (Å²) in [6.07, 6.45) is 2.23. The van der Waals surface area contributed by atoms with Gasteiger partial charge in [-0.05, 0) is 46.1 Å². The smallest absolute Gasteiger partial charge is 0.226 e. The van der Waals surface area contributed by atoms with E-state index in [4.69, 9.17) is 0 Å². The van der Waals surface area contributed by atoms with Gasteiger partial charge in [-0.2, -0.15) is 5.10 Å². The van der Waals surface area contributed by atoms with Gasteiger partial charge in [-0.15, -0.1) is 11.3 Å². The van der Waals surface area contributed by atoms with Crippen LogP contribution in [0.1, 0.15) is 39.0 Å². The number of hydrogen-bond acceptors (Lipinski definition) is 4. The summed E-state index contributed by atoms with van der Waals surface area (Å²) in [5, 5.41) is 11.1. The van der Waals surface area contributed by atoms with Crippen molar-refractivity contribution in [2.45, 2.75) is 47.0 Å². The SMILES string of the molecule is Cc1nc(CC(=O)NCCCc2c(C)n[nH]c2C)c(C)s1. The molecular formula is C15H22N4OS. The van der Waals surface area contributed by atoms with E-state index in [1.807, 2.05) is 27.7 Å². The van der Waals surface area contributed by atoms with Crippen LogP contribution in [0, 0.1) is 27.7 Å². The second-order valence-electron chi connectivity index (χ2n) is 5.28. The Kier molecular flexibility index (Phi) is 5.12. The van der Waals surface area contributed by atoms with Crippen LogP contribution in [-0.4, -0.2) is 27.6 Å². The lowest BCUT2D eigenvalue weighted by Gasteiger charge is -2.05. The van der Waals surface area contributed by atoms with Gasteiger partial charge >= 0.3 is 0 Å². The molecule has 0 saturated heterocycles. The maximum absolute atomic E-state index is 11.9. The molecule has 0 aliphatic carbocycles. The highest BCUT2D eigenvalue weighted by atomic mass is 32.1. The highest BCUT2D eigenvalue weighted by molar-refractivity contribution is 7.11. The third kappa shape index (κ3) is 4.14. The van der Waals surface area contributed by atoms with E-state index in [9.17, 15) is 4.79 Å². The van der Waals surface area contributed by atoms with Crippen LogP contribution in [0.3, 0.4) is 0 Å². The van der Waals surface area contributed by atoms with Crippen molar-refractivity contribution in [2.24, 2.45) is 0 Å². The van der Waals surface area contributed by atoms with Gasteiger partial charge in [-0.25, -0.2) is 4.98 Å². The number of carbonyl (C=O) groups excluding carboxylic acids is 1. The Bertz CT molecular complexity index is 610. The minimum Gasteiger partial charge on any atom is -0.356 e. The Morgan fingerprint density at radius 2 is 2.05 bits per heavy atom. The van der Waals surface area contributed by atoms with Gasteiger partial charge in [0, 0.05) is 17.1 Å². The second-order valence-corrected chi connectivity index (χ2v) is 6.69. The highest BCUT2D eigenvalue weighted by Crippen LogP contribution is 2.16. The molecule has 0 spiro atoms. The summed E-state index contributed by atoms with van der Waals surface area (Å²) >= 11 is 1.64. The third-order valence-corrected chi connectivity index (χ3v) is 4.46. The van der Waals surface area contributed by atoms with E-state index >= 15 is 0 Å². The van der Waals surface area contributed by atoms with Gasteiger partial charge in [-0.3, -0.25) is 9.89 Å². The molecule has 5 nitrogen and oxygen atoms in total. The Morgan fingerprint density at radius 3 is 2.62 bits per heavy atom. The van der Waals surface area contributed by atoms with Crippen molar-refractivity contribution in [1.29, 1.82) is 0 Å². The Hall–Kier alpha value is -1.69. The molecule has 0 aromatic carbocycles. The molecule has 0 unspecified atom stereocenters. The van der Waals surface area contributed by atoms with Crippen LogP contribution in [0.2, 0.25) is 0 Å². The van der Waals surface area contributed by atoms with Gasteiger partial charge in [0.1, 0.15) is 0 Å². The van der Waals surface area contributed by atoms with Gasteiger partial charge in [0.05, 0.1) is 22.8 Å². The standard InChI is InChI=1S/C15H22N4OS/c1-9-13(10(2)19-18-9)6-5-7-16-15(20)8-14-11(3)21-12(4)17-14/h5-8H2,1-4H3,(H,16,20)(H,18,19). The number of thiazole rings is 1. The summed E-state index contributed by atoms with van der Waals surface area (Å²) in [4.78, 5) is 17.4. The summed E-state index contributed by atoms with van der Waals surface area (Å²) in [5.74, 6) is 0.0454. The summed E-state index contributed by atoms with van der Waals surface area (Å²) < 4.78 is 0. The monoisotopic (exact) mass is 306 g/mol. The van der Waals surface area contributed by atoms with Gasteiger partial charge in [0.25, 0.3) is 0 Å². The molecule has 2 aromatic rings. The van der Waals surface area contributed by atoms with Crippen molar-refractivity contribution in [1.82, 2.24) is 20.5 Å². The molecule has 2 rings (SSSR count). The molecular weight excluding hydrogens is 284 g/mol. The summed E-state index contributed by atoms with van der Waals surface area (Å²) in [5.41, 5.74) is 4.33. The van der Waals surface area contributed by atoms with Crippen LogP contribution < -0.4 is 5.32 Å². The zero-order valence-electron chi connectivity index (χ0n) is 13.0. The molecule has 0 aliphatic rings. The lowest BCUT2D eigenvalue weighted by molar-refractivity contribution is -0.120. The fourth-order valence-electron chi connectivity index (χ4n) is 2.39. The summed E-state index contributed by atoms with van der Waals surface area (Å²) in [6.45, 7) is 8.70. The van der Waals surface area contributed by atoms with E-state index in [1.165, 1.54) is 5.56 Å². The molecule has 0 saturated carbocycles. The fourth-order valence-corrected chi connectivity index (χ4v) is 3.22. The molecule has 2 aromatic heterocycles. The minimum atomic E-state index is 0.0454. The van der Waals surface area contributed by atoms with Crippen molar-refractivity contribution < 1.29 is 4.79 Å². The molecule has 0 fully saturated rings. The van der Waals surface area contributed by atoms with Crippen molar-refractivity contribution in [3.05, 3.63) is 32.5 Å². The zero-order valence-corrected chi connectivity index (χ0v) is 13.9. The Morgan fingerprint density at radius 1 is 1.29 bits per heavy atom. The van der Waals surface area contributed by atoms with Crippen LogP contribution in [0.5, 0.6) is 0 Å². The molecule has 2 heterocycles. The van der Waals surface area contributed by atoms with E-state index in [2.05, 4.69) is 20.5 Å². The molecule has 114 valence electrons. The molecule has 0 bridgehead atoms. The molecule has 21 heavy (non-hydrogen) atoms. The van der Waals surface area contributed by atoms with Crippen LogP contribution in [0.4, 0.5) is 0 Å². The number of amides is 1. The Labute approximate surface area is 129 Å². The topological polar surface area (TPSA) is 70.7 Å². The van der Waals surface area contributed by atoms with Crippen LogP contribution in [0.15, 0.2) is 0 Å². The largest absolute Gasteiger partial charge is 0.356 e. The van der Waals surface area contributed by atoms with Gasteiger partial charge < -0.3 is 5.32 Å². The number of aromatic nitrogens is 3. The number of aryl methyl sites for hydroxylation is 4. The molecule has 1 amide bonds. The molecule has 2 N–H and O–H groups in total. The average Bonchev–Trinajstić information content (AvgIpc) is 2.89. The first kappa shape index (κ1) is 15.7. The number of nitrogens with one attached hydrogen (secondary N) is 2. The lowest BCUT2D eigenvalue weighted by Crippen LogP contribution is -2.26. The van der Waals surface area contributed by atoms with Gasteiger partial charge in [-0.1, -0.05) is 0 Å². The first-order valence-corrected chi connectivity index (χ1v) is 7.99. The van der Waals surface area contributed by atoms with Gasteiger partial charge in [0.2, 0.25) is 5.91 Å². The normalized spacial score (nSPS) is 10.9. The number of aromatic amines is 1.